The number of carbonyl (C=O) groups excluding carboxylic acids is 1. The summed E-state index contributed by atoms with van der Waals surface area (Å²) in [5.74, 6) is 6.80. The van der Waals surface area contributed by atoms with E-state index in [9.17, 15) is 4.79 Å². The van der Waals surface area contributed by atoms with Crippen molar-refractivity contribution < 1.29 is 9.53 Å². The zero-order chi connectivity index (χ0) is 22.0. The monoisotopic (exact) mass is 530 g/mol. The Hall–Kier alpha value is -1.78. The normalized spacial score (nSPS) is 25.0. The molecule has 1 N–H and O–H groups in total. The Kier molecular flexibility index (Phi) is 6.78. The average molecular weight is 530 g/mol. The van der Waals surface area contributed by atoms with Crippen molar-refractivity contribution in [3.63, 3.8) is 0 Å². The number of aromatic nitrogens is 1. The number of unbranched alkanes of at least 4 members (excludes halogenated alkanes) is 2. The lowest BCUT2D eigenvalue weighted by molar-refractivity contribution is -0.143. The molecule has 31 heavy (non-hydrogen) atoms. The number of benzene rings is 1. The van der Waals surface area contributed by atoms with Gasteiger partial charge in [0.2, 0.25) is 0 Å². The van der Waals surface area contributed by atoms with Crippen molar-refractivity contribution in [2.75, 3.05) is 20.2 Å². The molecule has 0 radical (unpaired) electrons. The number of carbonyl (C=O) groups is 1. The third-order valence-electron chi connectivity index (χ3n) is 6.47. The first kappa shape index (κ1) is 22.4. The van der Waals surface area contributed by atoms with Crippen molar-refractivity contribution in [3.8, 4) is 11.8 Å². The smallest absolute Gasteiger partial charge is 0.327 e. The van der Waals surface area contributed by atoms with E-state index in [1.165, 1.54) is 23.6 Å². The van der Waals surface area contributed by atoms with Crippen LogP contribution in [0.25, 0.3) is 10.9 Å². The van der Waals surface area contributed by atoms with E-state index in [0.717, 1.165) is 68.5 Å². The summed E-state index contributed by atoms with van der Waals surface area (Å²) in [5, 5.41) is 1.17. The molecular formula is C26H31IN2O2. The molecule has 0 aliphatic carbocycles. The van der Waals surface area contributed by atoms with E-state index in [1.807, 2.05) is 0 Å². The van der Waals surface area contributed by atoms with Gasteiger partial charge in [-0.05, 0) is 48.9 Å². The molecule has 5 heteroatoms. The van der Waals surface area contributed by atoms with Gasteiger partial charge in [0.25, 0.3) is 0 Å². The van der Waals surface area contributed by atoms with Gasteiger partial charge in [0.1, 0.15) is 0 Å². The Morgan fingerprint density at radius 1 is 1.35 bits per heavy atom. The van der Waals surface area contributed by atoms with Crippen LogP contribution in [0.15, 0.2) is 29.8 Å². The molecule has 1 aromatic carbocycles. The van der Waals surface area contributed by atoms with Gasteiger partial charge >= 0.3 is 5.97 Å². The summed E-state index contributed by atoms with van der Waals surface area (Å²) >= 11 is 2.33. The van der Waals surface area contributed by atoms with E-state index in [2.05, 4.69) is 82.4 Å². The molecule has 1 aromatic heterocycles. The largest absolute Gasteiger partial charge is 0.468 e. The molecular weight excluding hydrogens is 499 g/mol. The molecule has 2 aliphatic heterocycles. The summed E-state index contributed by atoms with van der Waals surface area (Å²) in [7, 11) is 1.49. The molecule has 0 saturated carbocycles. The first-order chi connectivity index (χ1) is 15.0. The van der Waals surface area contributed by atoms with Gasteiger partial charge in [-0.1, -0.05) is 66.3 Å². The number of halogens is 1. The molecule has 0 fully saturated rings. The summed E-state index contributed by atoms with van der Waals surface area (Å²) in [6.07, 6.45) is 7.41. The van der Waals surface area contributed by atoms with Crippen LogP contribution >= 0.6 is 22.6 Å². The standard InChI is InChI=1S/C26H31IN2O2/c1-4-6-7-8-9-19-10-11-23-21(13-19)22-17-29-15-18(5-2)12-20(16-29)14-26(27,24(22)28-23)25(30)31-3/h10-13,20,28H,4-7,14-17H2,1-3H3/t20-,26+/m1/s1. The Balaban J connectivity index is 1.83. The summed E-state index contributed by atoms with van der Waals surface area (Å²) in [5.41, 5.74) is 5.77. The maximum Gasteiger partial charge on any atom is 0.327 e. The van der Waals surface area contributed by atoms with Crippen molar-refractivity contribution in [2.24, 2.45) is 5.92 Å². The number of fused-ring (bicyclic) bond motifs is 5. The van der Waals surface area contributed by atoms with Crippen LogP contribution in [0.1, 0.15) is 62.8 Å². The van der Waals surface area contributed by atoms with Gasteiger partial charge in [0.05, 0.1) is 7.11 Å². The highest BCUT2D eigenvalue weighted by molar-refractivity contribution is 14.1. The third-order valence-corrected chi connectivity index (χ3v) is 7.89. The number of nitrogens with one attached hydrogen (secondary N) is 1. The van der Waals surface area contributed by atoms with E-state index in [4.69, 9.17) is 4.74 Å². The maximum absolute atomic E-state index is 13.1. The van der Waals surface area contributed by atoms with Gasteiger partial charge in [-0.25, -0.2) is 0 Å². The fourth-order valence-electron chi connectivity index (χ4n) is 4.89. The first-order valence-corrected chi connectivity index (χ1v) is 12.4. The molecule has 4 rings (SSSR count). The van der Waals surface area contributed by atoms with Crippen molar-refractivity contribution in [1.29, 1.82) is 0 Å². The zero-order valence-corrected chi connectivity index (χ0v) is 20.8. The number of aromatic amines is 1. The van der Waals surface area contributed by atoms with Gasteiger partial charge in [0, 0.05) is 48.2 Å². The van der Waals surface area contributed by atoms with E-state index in [1.54, 1.807) is 0 Å². The second-order valence-electron chi connectivity index (χ2n) is 8.75. The van der Waals surface area contributed by atoms with Crippen molar-refractivity contribution in [3.05, 3.63) is 46.7 Å². The van der Waals surface area contributed by atoms with E-state index < -0.39 is 3.42 Å². The lowest BCUT2D eigenvalue weighted by Crippen LogP contribution is -2.43. The first-order valence-electron chi connectivity index (χ1n) is 11.3. The van der Waals surface area contributed by atoms with Crippen molar-refractivity contribution >= 4 is 39.5 Å². The summed E-state index contributed by atoms with van der Waals surface area (Å²) in [4.78, 5) is 19.2. The summed E-state index contributed by atoms with van der Waals surface area (Å²) < 4.78 is 4.58. The predicted octanol–water partition coefficient (Wildman–Crippen LogP) is 5.68. The van der Waals surface area contributed by atoms with Crippen LogP contribution in [0.3, 0.4) is 0 Å². The second kappa shape index (κ2) is 9.38. The maximum atomic E-state index is 13.1. The Bertz CT molecular complexity index is 1070. The molecule has 3 atom stereocenters. The second-order valence-corrected chi connectivity index (χ2v) is 10.6. The lowest BCUT2D eigenvalue weighted by atomic mass is 9.84. The van der Waals surface area contributed by atoms with Gasteiger partial charge in [0.15, 0.2) is 3.42 Å². The Labute approximate surface area is 198 Å². The number of H-pyrrole nitrogens is 1. The van der Waals surface area contributed by atoms with Crippen LogP contribution in [0.4, 0.5) is 0 Å². The number of rotatable bonds is 4. The van der Waals surface area contributed by atoms with Crippen molar-refractivity contribution in [1.82, 2.24) is 9.88 Å². The number of ether oxygens (including phenoxy) is 1. The van der Waals surface area contributed by atoms with Gasteiger partial charge in [-0.3, -0.25) is 9.69 Å². The van der Waals surface area contributed by atoms with Crippen LogP contribution in [0.5, 0.6) is 0 Å². The minimum atomic E-state index is -0.725. The van der Waals surface area contributed by atoms with Crippen LogP contribution in [0, 0.1) is 17.8 Å². The minimum Gasteiger partial charge on any atom is -0.468 e. The lowest BCUT2D eigenvalue weighted by Gasteiger charge is -2.39. The van der Waals surface area contributed by atoms with Gasteiger partial charge in [-0.15, -0.1) is 0 Å². The number of esters is 1. The van der Waals surface area contributed by atoms with E-state index in [-0.39, 0.29) is 5.97 Å². The molecule has 0 amide bonds. The molecule has 0 spiro atoms. The number of alkyl halides is 1. The summed E-state index contributed by atoms with van der Waals surface area (Å²) in [6.45, 7) is 7.22. The molecule has 0 saturated heterocycles. The molecule has 2 aliphatic rings. The fourth-order valence-corrected chi connectivity index (χ4v) is 6.13. The minimum absolute atomic E-state index is 0.175. The van der Waals surface area contributed by atoms with E-state index in [0.29, 0.717) is 5.92 Å². The van der Waals surface area contributed by atoms with Crippen LogP contribution in [-0.2, 0) is 19.5 Å². The Morgan fingerprint density at radius 3 is 2.94 bits per heavy atom. The fraction of sp³-hybridized carbons (Fsp3) is 0.500. The predicted molar refractivity (Wildman–Crippen MR) is 134 cm³/mol. The third kappa shape index (κ3) is 4.42. The van der Waals surface area contributed by atoms with Gasteiger partial charge < -0.3 is 9.72 Å². The quantitative estimate of drug-likeness (QED) is 0.138. The van der Waals surface area contributed by atoms with E-state index >= 15 is 0 Å². The number of hydrogen-bond donors (Lipinski definition) is 1. The van der Waals surface area contributed by atoms with Crippen LogP contribution < -0.4 is 0 Å². The number of nitrogens with zero attached hydrogens (tertiary/aromatic N) is 1. The molecule has 1 unspecified atom stereocenters. The molecule has 2 bridgehead atoms. The number of methoxy groups -OCH3 is 1. The highest BCUT2D eigenvalue weighted by Crippen LogP contribution is 2.46. The number of hydrogen-bond acceptors (Lipinski definition) is 3. The summed E-state index contributed by atoms with van der Waals surface area (Å²) in [6, 6.07) is 6.38. The highest BCUT2D eigenvalue weighted by Gasteiger charge is 2.46. The zero-order valence-electron chi connectivity index (χ0n) is 18.7. The SMILES string of the molecule is CCCCC#Cc1ccc2[nH]c3c(c2c1)CN1CC(CC)=C[C@@H](C1)C[C@@]3(I)C(=O)OC. The Morgan fingerprint density at radius 2 is 2.19 bits per heavy atom. The van der Waals surface area contributed by atoms with Crippen LogP contribution in [-0.4, -0.2) is 36.1 Å². The van der Waals surface area contributed by atoms with Gasteiger partial charge in [-0.2, -0.15) is 0 Å². The molecule has 4 nitrogen and oxygen atoms in total. The topological polar surface area (TPSA) is 45.3 Å². The molecule has 164 valence electrons. The average Bonchev–Trinajstić information content (AvgIpc) is 3.13. The highest BCUT2D eigenvalue weighted by atomic mass is 127. The molecule has 3 heterocycles. The van der Waals surface area contributed by atoms with Crippen LogP contribution in [0.2, 0.25) is 0 Å². The molecule has 2 aromatic rings. The van der Waals surface area contributed by atoms with Crippen molar-refractivity contribution in [2.45, 2.75) is 55.9 Å².